The molecule has 5 unspecified atom stereocenters. The van der Waals surface area contributed by atoms with E-state index in [4.69, 9.17) is 9.47 Å². The average molecular weight is 336 g/mol. The van der Waals surface area contributed by atoms with Crippen molar-refractivity contribution in [2.45, 2.75) is 42.4 Å². The monoisotopic (exact) mass is 336 g/mol. The molecule has 4 N–H and O–H groups in total. The number of ketones is 2. The van der Waals surface area contributed by atoms with Crippen LogP contribution in [0.15, 0.2) is 12.1 Å². The van der Waals surface area contributed by atoms with Gasteiger partial charge < -0.3 is 29.9 Å². The van der Waals surface area contributed by atoms with Crippen LogP contribution in [0.25, 0.3) is 0 Å². The van der Waals surface area contributed by atoms with Crippen LogP contribution in [0.1, 0.15) is 34.1 Å². The lowest BCUT2D eigenvalue weighted by Gasteiger charge is -2.42. The smallest absolute Gasteiger partial charge is 0.205 e. The minimum absolute atomic E-state index is 0.0932. The molecule has 1 aromatic carbocycles. The Labute approximate surface area is 136 Å². The highest BCUT2D eigenvalue weighted by molar-refractivity contribution is 6.27. The predicted molar refractivity (Wildman–Crippen MR) is 77.1 cm³/mol. The second kappa shape index (κ2) is 4.15. The number of aliphatic hydroxyl groups is 3. The molecule has 0 bridgehead atoms. The SMILES string of the molecule is COc1cc(O)c2c(c1)C(=O)C13CC(C)(O)C(O)C(O)C1(O3)C2=O. The second-order valence-corrected chi connectivity index (χ2v) is 6.82. The van der Waals surface area contributed by atoms with Crippen molar-refractivity contribution in [2.24, 2.45) is 0 Å². The molecule has 1 aliphatic heterocycles. The van der Waals surface area contributed by atoms with Gasteiger partial charge in [0.05, 0.1) is 18.3 Å². The topological polar surface area (TPSA) is 137 Å². The Hall–Kier alpha value is -2.00. The largest absolute Gasteiger partial charge is 0.507 e. The highest BCUT2D eigenvalue weighted by Crippen LogP contribution is 2.65. The summed E-state index contributed by atoms with van der Waals surface area (Å²) < 4.78 is 10.4. The van der Waals surface area contributed by atoms with Crippen LogP contribution < -0.4 is 4.74 Å². The van der Waals surface area contributed by atoms with Crippen LogP contribution in [0.3, 0.4) is 0 Å². The maximum atomic E-state index is 13.0. The van der Waals surface area contributed by atoms with Gasteiger partial charge in [-0.25, -0.2) is 0 Å². The van der Waals surface area contributed by atoms with Gasteiger partial charge in [-0.2, -0.15) is 0 Å². The number of fused-ring (bicyclic) bond motifs is 1. The van der Waals surface area contributed by atoms with Crippen molar-refractivity contribution in [1.82, 2.24) is 0 Å². The summed E-state index contributed by atoms with van der Waals surface area (Å²) in [5, 5.41) is 41.0. The van der Waals surface area contributed by atoms with Crippen molar-refractivity contribution >= 4 is 11.6 Å². The summed E-state index contributed by atoms with van der Waals surface area (Å²) in [6.45, 7) is 1.26. The fourth-order valence-corrected chi connectivity index (χ4v) is 4.09. The molecule has 3 aliphatic rings. The van der Waals surface area contributed by atoms with E-state index in [1.807, 2.05) is 0 Å². The standard InChI is InChI=1S/C16H16O8/c1-14(22)5-15-10(18)7-3-6(23-2)4-8(17)9(7)11(19)16(15,24-15)13(21)12(14)20/h3-4,12-13,17,20-22H,5H2,1-2H3. The van der Waals surface area contributed by atoms with Gasteiger partial charge in [0.15, 0.2) is 17.0 Å². The molecule has 5 atom stereocenters. The number of phenols is 1. The van der Waals surface area contributed by atoms with E-state index >= 15 is 0 Å². The van der Waals surface area contributed by atoms with Crippen molar-refractivity contribution in [3.05, 3.63) is 23.3 Å². The van der Waals surface area contributed by atoms with Gasteiger partial charge in [-0.15, -0.1) is 0 Å². The van der Waals surface area contributed by atoms with Gasteiger partial charge in [-0.05, 0) is 13.0 Å². The van der Waals surface area contributed by atoms with E-state index in [2.05, 4.69) is 0 Å². The fraction of sp³-hybridized carbons (Fsp3) is 0.500. The van der Waals surface area contributed by atoms with E-state index in [0.717, 1.165) is 0 Å². The maximum Gasteiger partial charge on any atom is 0.205 e. The van der Waals surface area contributed by atoms with Crippen molar-refractivity contribution in [1.29, 1.82) is 0 Å². The molecule has 2 fully saturated rings. The Morgan fingerprint density at radius 2 is 1.88 bits per heavy atom. The van der Waals surface area contributed by atoms with Crippen LogP contribution in [-0.4, -0.2) is 68.1 Å². The Morgan fingerprint density at radius 3 is 2.50 bits per heavy atom. The molecular formula is C16H16O8. The van der Waals surface area contributed by atoms with Crippen molar-refractivity contribution < 1.29 is 39.5 Å². The summed E-state index contributed by atoms with van der Waals surface area (Å²) in [6, 6.07) is 2.49. The number of Topliss-reactive ketones (excluding diaryl/α,β-unsaturated/α-hetero) is 2. The lowest BCUT2D eigenvalue weighted by atomic mass is 9.61. The first-order valence-corrected chi connectivity index (χ1v) is 7.41. The number of methoxy groups -OCH3 is 1. The number of aromatic hydroxyl groups is 1. The lowest BCUT2D eigenvalue weighted by molar-refractivity contribution is -0.145. The molecule has 0 spiro atoms. The van der Waals surface area contributed by atoms with Gasteiger partial charge in [-0.3, -0.25) is 9.59 Å². The molecule has 1 aromatic rings. The summed E-state index contributed by atoms with van der Waals surface area (Å²) in [7, 11) is 1.35. The van der Waals surface area contributed by atoms with Gasteiger partial charge in [-0.1, -0.05) is 0 Å². The molecule has 2 aliphatic carbocycles. The first-order valence-electron chi connectivity index (χ1n) is 7.41. The first-order chi connectivity index (χ1) is 11.1. The Bertz CT molecular complexity index is 800. The minimum Gasteiger partial charge on any atom is -0.507 e. The summed E-state index contributed by atoms with van der Waals surface area (Å²) in [6.07, 6.45) is -3.82. The average Bonchev–Trinajstić information content (AvgIpc) is 3.21. The first kappa shape index (κ1) is 15.5. The number of hydrogen-bond acceptors (Lipinski definition) is 8. The zero-order valence-electron chi connectivity index (χ0n) is 12.9. The Balaban J connectivity index is 1.96. The van der Waals surface area contributed by atoms with Gasteiger partial charge >= 0.3 is 0 Å². The van der Waals surface area contributed by atoms with Crippen LogP contribution in [-0.2, 0) is 4.74 Å². The van der Waals surface area contributed by atoms with Crippen LogP contribution in [0, 0.1) is 0 Å². The maximum absolute atomic E-state index is 13.0. The number of epoxide rings is 1. The van der Waals surface area contributed by atoms with Gasteiger partial charge in [0.1, 0.15) is 23.7 Å². The van der Waals surface area contributed by atoms with Crippen LogP contribution >= 0.6 is 0 Å². The predicted octanol–water partition coefficient (Wildman–Crippen LogP) is -0.836. The zero-order chi connectivity index (χ0) is 17.7. The normalized spacial score (nSPS) is 42.9. The quantitative estimate of drug-likeness (QED) is 0.488. The van der Waals surface area contributed by atoms with E-state index in [9.17, 15) is 30.0 Å². The van der Waals surface area contributed by atoms with Crippen molar-refractivity contribution in [3.63, 3.8) is 0 Å². The fourth-order valence-electron chi connectivity index (χ4n) is 4.09. The van der Waals surface area contributed by atoms with E-state index in [0.29, 0.717) is 0 Å². The Morgan fingerprint density at radius 1 is 1.21 bits per heavy atom. The van der Waals surface area contributed by atoms with Crippen LogP contribution in [0.4, 0.5) is 0 Å². The highest BCUT2D eigenvalue weighted by atomic mass is 16.7. The number of benzene rings is 1. The van der Waals surface area contributed by atoms with Gasteiger partial charge in [0, 0.05) is 18.1 Å². The second-order valence-electron chi connectivity index (χ2n) is 6.82. The molecule has 1 saturated heterocycles. The van der Waals surface area contributed by atoms with E-state index in [-0.39, 0.29) is 23.3 Å². The number of ether oxygens (including phenoxy) is 2. The molecule has 8 nitrogen and oxygen atoms in total. The molecule has 0 radical (unpaired) electrons. The number of aliphatic hydroxyl groups excluding tert-OH is 2. The van der Waals surface area contributed by atoms with Crippen LogP contribution in [0.5, 0.6) is 11.5 Å². The third kappa shape index (κ3) is 1.43. The number of rotatable bonds is 1. The van der Waals surface area contributed by atoms with Crippen LogP contribution in [0.2, 0.25) is 0 Å². The zero-order valence-corrected chi connectivity index (χ0v) is 12.9. The van der Waals surface area contributed by atoms with Crippen molar-refractivity contribution in [3.8, 4) is 11.5 Å². The Kier molecular flexibility index (Phi) is 2.68. The molecule has 1 saturated carbocycles. The summed E-state index contributed by atoms with van der Waals surface area (Å²) in [4.78, 5) is 25.9. The highest BCUT2D eigenvalue weighted by Gasteiger charge is 2.88. The molecule has 0 amide bonds. The minimum atomic E-state index is -1.98. The van der Waals surface area contributed by atoms with E-state index in [1.54, 1.807) is 0 Å². The number of carbonyl (C=O) groups excluding carboxylic acids is 2. The summed E-state index contributed by atoms with van der Waals surface area (Å²) >= 11 is 0. The molecule has 8 heteroatoms. The van der Waals surface area contributed by atoms with Crippen molar-refractivity contribution in [2.75, 3.05) is 7.11 Å². The third-order valence-electron chi connectivity index (χ3n) is 5.36. The number of hydrogen-bond donors (Lipinski definition) is 4. The van der Waals surface area contributed by atoms with E-state index < -0.39 is 46.3 Å². The summed E-state index contributed by atoms with van der Waals surface area (Å²) in [5.41, 5.74) is -5.91. The molecule has 4 rings (SSSR count). The molecular weight excluding hydrogens is 320 g/mol. The molecule has 0 aromatic heterocycles. The molecule has 1 heterocycles. The van der Waals surface area contributed by atoms with Gasteiger partial charge in [0.2, 0.25) is 5.78 Å². The number of carbonyl (C=O) groups is 2. The van der Waals surface area contributed by atoms with E-state index in [1.165, 1.54) is 26.2 Å². The summed E-state index contributed by atoms with van der Waals surface area (Å²) in [5.74, 6) is -1.72. The number of phenolic OH excluding ortho intramolecular Hbond substituents is 1. The van der Waals surface area contributed by atoms with Gasteiger partial charge in [0.25, 0.3) is 0 Å². The third-order valence-corrected chi connectivity index (χ3v) is 5.36. The lowest BCUT2D eigenvalue weighted by Crippen LogP contribution is -2.66. The molecule has 128 valence electrons. The molecule has 24 heavy (non-hydrogen) atoms.